The van der Waals surface area contributed by atoms with Crippen LogP contribution in [0.4, 0.5) is 0 Å². The molecule has 2 N–H and O–H groups in total. The molecular formula is C14H9NaO7S. The summed E-state index contributed by atoms with van der Waals surface area (Å²) in [6.45, 7) is 0. The van der Waals surface area contributed by atoms with E-state index < -0.39 is 49.9 Å². The number of aliphatic hydroxyl groups is 2. The maximum absolute atomic E-state index is 12.5. The van der Waals surface area contributed by atoms with Crippen LogP contribution in [-0.2, 0) is 10.1 Å². The van der Waals surface area contributed by atoms with Gasteiger partial charge in [0.2, 0.25) is 0 Å². The number of Topliss-reactive ketones (excluding diaryl/α,β-unsaturated/α-hetero) is 2. The predicted octanol–water partition coefficient (Wildman–Crippen LogP) is -2.55. The second-order valence-corrected chi connectivity index (χ2v) is 6.57. The Morgan fingerprint density at radius 1 is 1.09 bits per heavy atom. The van der Waals surface area contributed by atoms with Crippen molar-refractivity contribution in [1.29, 1.82) is 0 Å². The summed E-state index contributed by atoms with van der Waals surface area (Å²) in [4.78, 5) is 21.8. The fourth-order valence-electron chi connectivity index (χ4n) is 2.66. The smallest absolute Gasteiger partial charge is 0.745 e. The summed E-state index contributed by atoms with van der Waals surface area (Å²) in [5.74, 6) is -2.41. The van der Waals surface area contributed by atoms with Crippen molar-refractivity contribution in [3.63, 3.8) is 0 Å². The number of fused-ring (bicyclic) bond motifs is 1. The van der Waals surface area contributed by atoms with E-state index in [1.165, 1.54) is 24.3 Å². The third-order valence-electron chi connectivity index (χ3n) is 3.75. The van der Waals surface area contributed by atoms with Gasteiger partial charge in [-0.05, 0) is 6.08 Å². The Balaban J connectivity index is 0.00000192. The molecule has 1 unspecified atom stereocenters. The third kappa shape index (κ3) is 2.42. The van der Waals surface area contributed by atoms with Crippen LogP contribution in [0.15, 0.2) is 47.2 Å². The maximum atomic E-state index is 12.5. The van der Waals surface area contributed by atoms with Gasteiger partial charge in [-0.15, -0.1) is 0 Å². The third-order valence-corrected chi connectivity index (χ3v) is 4.95. The van der Waals surface area contributed by atoms with Gasteiger partial charge in [-0.1, -0.05) is 24.3 Å². The summed E-state index contributed by atoms with van der Waals surface area (Å²) in [6.07, 6.45) is 0.0398. The number of rotatable bonds is 1. The number of allylic oxidation sites excluding steroid dienone is 1. The van der Waals surface area contributed by atoms with Crippen LogP contribution in [0.5, 0.6) is 0 Å². The second kappa shape index (κ2) is 5.66. The molecule has 7 nitrogen and oxygen atoms in total. The second-order valence-electron chi connectivity index (χ2n) is 4.99. The molecule has 0 saturated heterocycles. The van der Waals surface area contributed by atoms with Gasteiger partial charge in [0.15, 0.2) is 16.5 Å². The van der Waals surface area contributed by atoms with Gasteiger partial charge < -0.3 is 14.8 Å². The molecule has 0 fully saturated rings. The van der Waals surface area contributed by atoms with Crippen LogP contribution in [0.25, 0.3) is 0 Å². The van der Waals surface area contributed by atoms with Crippen molar-refractivity contribution in [3.8, 4) is 0 Å². The molecule has 3 rings (SSSR count). The summed E-state index contributed by atoms with van der Waals surface area (Å²) < 4.78 is 34.3. The minimum absolute atomic E-state index is 0. The van der Waals surface area contributed by atoms with Gasteiger partial charge >= 0.3 is 29.6 Å². The molecule has 0 aliphatic heterocycles. The zero-order valence-corrected chi connectivity index (χ0v) is 14.8. The summed E-state index contributed by atoms with van der Waals surface area (Å²) in [5.41, 5.74) is -1.68. The molecule has 1 aromatic carbocycles. The molecule has 0 spiro atoms. The molecule has 1 aromatic rings. The van der Waals surface area contributed by atoms with Gasteiger partial charge in [0.05, 0.1) is 11.1 Å². The topological polar surface area (TPSA) is 132 Å². The Morgan fingerprint density at radius 3 is 2.13 bits per heavy atom. The first kappa shape index (κ1) is 18.1. The molecule has 0 saturated carbocycles. The van der Waals surface area contributed by atoms with Crippen molar-refractivity contribution >= 4 is 21.7 Å². The molecule has 114 valence electrons. The van der Waals surface area contributed by atoms with Crippen molar-refractivity contribution < 1.29 is 62.3 Å². The van der Waals surface area contributed by atoms with E-state index in [9.17, 15) is 32.8 Å². The van der Waals surface area contributed by atoms with E-state index in [1.54, 1.807) is 0 Å². The zero-order valence-electron chi connectivity index (χ0n) is 11.9. The van der Waals surface area contributed by atoms with Crippen LogP contribution in [0.3, 0.4) is 0 Å². The van der Waals surface area contributed by atoms with Crippen LogP contribution in [0.1, 0.15) is 27.1 Å². The minimum Gasteiger partial charge on any atom is -0.745 e. The summed E-state index contributed by atoms with van der Waals surface area (Å²) in [7, 11) is -5.36. The fourth-order valence-corrected chi connectivity index (χ4v) is 3.39. The number of benzene rings is 1. The average molecular weight is 344 g/mol. The monoisotopic (exact) mass is 344 g/mol. The van der Waals surface area contributed by atoms with Gasteiger partial charge in [0.1, 0.15) is 15.9 Å². The molecule has 23 heavy (non-hydrogen) atoms. The Morgan fingerprint density at radius 2 is 1.61 bits per heavy atom. The quantitative estimate of drug-likeness (QED) is 0.423. The van der Waals surface area contributed by atoms with Gasteiger partial charge in [-0.25, -0.2) is 8.42 Å². The van der Waals surface area contributed by atoms with Crippen molar-refractivity contribution in [2.45, 2.75) is 11.4 Å². The first-order valence-corrected chi connectivity index (χ1v) is 7.60. The Bertz CT molecular complexity index is 897. The molecule has 0 radical (unpaired) electrons. The first-order chi connectivity index (χ1) is 10.2. The van der Waals surface area contributed by atoms with E-state index in [-0.39, 0.29) is 40.7 Å². The Kier molecular flexibility index (Phi) is 4.44. The Hall–Kier alpha value is -1.29. The zero-order chi connectivity index (χ0) is 16.3. The van der Waals surface area contributed by atoms with Crippen molar-refractivity contribution in [2.75, 3.05) is 0 Å². The number of carbonyl (C=O) groups excluding carboxylic acids is 2. The van der Waals surface area contributed by atoms with E-state index in [1.807, 2.05) is 0 Å². The van der Waals surface area contributed by atoms with Gasteiger partial charge in [-0.2, -0.15) is 0 Å². The van der Waals surface area contributed by atoms with Crippen LogP contribution in [0, 0.1) is 0 Å². The molecule has 0 heterocycles. The van der Waals surface area contributed by atoms with Crippen molar-refractivity contribution in [1.82, 2.24) is 0 Å². The molecular weight excluding hydrogens is 335 g/mol. The SMILES string of the molecule is O=C1C2=C(C(=O)c3ccccc31)C(O)(S(=O)(=O)[O-])CC=C2O.[Na+]. The van der Waals surface area contributed by atoms with Gasteiger partial charge in [0, 0.05) is 17.5 Å². The summed E-state index contributed by atoms with van der Waals surface area (Å²) in [5, 5.41) is 20.1. The molecule has 1 atom stereocenters. The van der Waals surface area contributed by atoms with E-state index in [4.69, 9.17) is 0 Å². The maximum Gasteiger partial charge on any atom is 1.00 e. The number of aliphatic hydroxyl groups excluding tert-OH is 1. The number of hydrogen-bond acceptors (Lipinski definition) is 7. The number of hydrogen-bond donors (Lipinski definition) is 2. The molecule has 2 aliphatic rings. The van der Waals surface area contributed by atoms with Crippen LogP contribution >= 0.6 is 0 Å². The predicted molar refractivity (Wildman–Crippen MR) is 72.1 cm³/mol. The normalized spacial score (nSPS) is 23.7. The van der Waals surface area contributed by atoms with Crippen LogP contribution in [-0.4, -0.2) is 39.7 Å². The molecule has 0 bridgehead atoms. The molecule has 9 heteroatoms. The minimum atomic E-state index is -5.36. The standard InChI is InChI=1S/C14H10O7S.Na/c15-9-5-6-14(18,22(19,20)21)11-10(9)12(16)7-3-1-2-4-8(7)13(11)17;/h1-5,15,18H,6H2,(H,19,20,21);/q;+1/p-1. The van der Waals surface area contributed by atoms with Gasteiger partial charge in [-0.3, -0.25) is 9.59 Å². The van der Waals surface area contributed by atoms with Crippen molar-refractivity contribution in [3.05, 3.63) is 58.4 Å². The first-order valence-electron chi connectivity index (χ1n) is 6.19. The molecule has 0 aromatic heterocycles. The van der Waals surface area contributed by atoms with E-state index in [2.05, 4.69) is 0 Å². The van der Waals surface area contributed by atoms with Gasteiger partial charge in [0.25, 0.3) is 0 Å². The average Bonchev–Trinajstić information content (AvgIpc) is 2.46. The van der Waals surface area contributed by atoms with Crippen LogP contribution in [0.2, 0.25) is 0 Å². The summed E-state index contributed by atoms with van der Waals surface area (Å²) >= 11 is 0. The van der Waals surface area contributed by atoms with E-state index >= 15 is 0 Å². The van der Waals surface area contributed by atoms with E-state index in [0.29, 0.717) is 0 Å². The summed E-state index contributed by atoms with van der Waals surface area (Å²) in [6, 6.07) is 5.58. The van der Waals surface area contributed by atoms with Crippen molar-refractivity contribution in [2.24, 2.45) is 0 Å². The largest absolute Gasteiger partial charge is 1.00 e. The molecule has 2 aliphatic carbocycles. The number of carbonyl (C=O) groups is 2. The molecule has 0 amide bonds. The fraction of sp³-hybridized carbons (Fsp3) is 0.143. The van der Waals surface area contributed by atoms with Crippen LogP contribution < -0.4 is 29.6 Å². The Labute approximate surface area is 153 Å². The van der Waals surface area contributed by atoms with E-state index in [0.717, 1.165) is 6.08 Å². The number of ketones is 2.